The molecule has 1 aliphatic heterocycles. The van der Waals surface area contributed by atoms with Gasteiger partial charge in [-0.3, -0.25) is 0 Å². The van der Waals surface area contributed by atoms with Crippen LogP contribution in [0.25, 0.3) is 0 Å². The van der Waals surface area contributed by atoms with Crippen molar-refractivity contribution in [2.24, 2.45) is 5.41 Å². The van der Waals surface area contributed by atoms with Gasteiger partial charge in [0, 0.05) is 19.3 Å². The molecule has 0 aliphatic carbocycles. The molecule has 3 nitrogen and oxygen atoms in total. The highest BCUT2D eigenvalue weighted by Crippen LogP contribution is 2.31. The molecule has 0 aromatic carbocycles. The summed E-state index contributed by atoms with van der Waals surface area (Å²) in [5.74, 6) is 0.978. The number of hydrogen-bond acceptors (Lipinski definition) is 3. The topological polar surface area (TPSA) is 39.9 Å². The molecule has 2 rings (SSSR count). The van der Waals surface area contributed by atoms with E-state index in [2.05, 4.69) is 16.0 Å². The van der Waals surface area contributed by atoms with E-state index in [0.717, 1.165) is 25.3 Å². The molecule has 0 N–H and O–H groups in total. The Bertz CT molecular complexity index is 355. The van der Waals surface area contributed by atoms with Gasteiger partial charge in [0.05, 0.1) is 11.5 Å². The van der Waals surface area contributed by atoms with Crippen LogP contribution in [0.4, 0.5) is 5.82 Å². The van der Waals surface area contributed by atoms with Gasteiger partial charge in [-0.2, -0.15) is 5.26 Å². The Morgan fingerprint density at radius 2 is 2.43 bits per heavy atom. The van der Waals surface area contributed by atoms with Crippen molar-refractivity contribution >= 4 is 5.82 Å². The van der Waals surface area contributed by atoms with E-state index in [1.54, 1.807) is 6.20 Å². The number of anilines is 1. The standard InChI is InChI=1S/C11H13N3/c1-11(8-12)5-7-14(9-11)10-4-2-3-6-13-10/h2-4,6H,5,7,9H2,1H3. The lowest BCUT2D eigenvalue weighted by Gasteiger charge is -2.18. The smallest absolute Gasteiger partial charge is 0.128 e. The molecule has 2 heterocycles. The molecule has 14 heavy (non-hydrogen) atoms. The third kappa shape index (κ3) is 1.56. The number of pyridine rings is 1. The summed E-state index contributed by atoms with van der Waals surface area (Å²) < 4.78 is 0. The molecule has 1 aromatic rings. The fraction of sp³-hybridized carbons (Fsp3) is 0.455. The summed E-state index contributed by atoms with van der Waals surface area (Å²) in [6.07, 6.45) is 2.72. The van der Waals surface area contributed by atoms with Gasteiger partial charge in [0.2, 0.25) is 0 Å². The lowest BCUT2D eigenvalue weighted by Crippen LogP contribution is -2.24. The largest absolute Gasteiger partial charge is 0.355 e. The molecule has 0 amide bonds. The maximum absolute atomic E-state index is 8.99. The zero-order valence-electron chi connectivity index (χ0n) is 8.27. The van der Waals surface area contributed by atoms with Crippen molar-refractivity contribution in [3.8, 4) is 6.07 Å². The number of nitrogens with zero attached hydrogens (tertiary/aromatic N) is 3. The van der Waals surface area contributed by atoms with E-state index in [4.69, 9.17) is 5.26 Å². The van der Waals surface area contributed by atoms with Crippen molar-refractivity contribution in [1.82, 2.24) is 4.98 Å². The van der Waals surface area contributed by atoms with Crippen LogP contribution in [0.2, 0.25) is 0 Å². The van der Waals surface area contributed by atoms with E-state index < -0.39 is 0 Å². The molecular weight excluding hydrogens is 174 g/mol. The predicted molar refractivity (Wildman–Crippen MR) is 54.8 cm³/mol. The average molecular weight is 187 g/mol. The third-order valence-electron chi connectivity index (χ3n) is 2.72. The van der Waals surface area contributed by atoms with Crippen molar-refractivity contribution in [1.29, 1.82) is 5.26 Å². The minimum absolute atomic E-state index is 0.197. The van der Waals surface area contributed by atoms with Crippen LogP contribution in [0.15, 0.2) is 24.4 Å². The van der Waals surface area contributed by atoms with Crippen LogP contribution in [0.5, 0.6) is 0 Å². The second-order valence-electron chi connectivity index (χ2n) is 4.03. The van der Waals surface area contributed by atoms with Crippen molar-refractivity contribution in [2.45, 2.75) is 13.3 Å². The molecule has 1 atom stereocenters. The van der Waals surface area contributed by atoms with Crippen LogP contribution in [0, 0.1) is 16.7 Å². The lowest BCUT2D eigenvalue weighted by molar-refractivity contribution is 0.502. The van der Waals surface area contributed by atoms with Crippen LogP contribution in [-0.4, -0.2) is 18.1 Å². The Kier molecular flexibility index (Phi) is 2.12. The Hall–Kier alpha value is -1.56. The molecule has 0 saturated carbocycles. The molecule has 72 valence electrons. The van der Waals surface area contributed by atoms with Crippen LogP contribution in [-0.2, 0) is 0 Å². The number of aromatic nitrogens is 1. The number of hydrogen-bond donors (Lipinski definition) is 0. The molecule has 3 heteroatoms. The molecule has 0 bridgehead atoms. The maximum Gasteiger partial charge on any atom is 0.128 e. The maximum atomic E-state index is 8.99. The Morgan fingerprint density at radius 3 is 3.00 bits per heavy atom. The van der Waals surface area contributed by atoms with Crippen molar-refractivity contribution in [3.63, 3.8) is 0 Å². The first-order chi connectivity index (χ1) is 6.73. The fourth-order valence-electron chi connectivity index (χ4n) is 1.79. The minimum Gasteiger partial charge on any atom is -0.355 e. The summed E-state index contributed by atoms with van der Waals surface area (Å²) >= 11 is 0. The van der Waals surface area contributed by atoms with E-state index in [0.29, 0.717) is 0 Å². The second-order valence-corrected chi connectivity index (χ2v) is 4.03. The van der Waals surface area contributed by atoms with E-state index in [1.807, 2.05) is 25.1 Å². The van der Waals surface area contributed by atoms with Gasteiger partial charge in [-0.15, -0.1) is 0 Å². The fourth-order valence-corrected chi connectivity index (χ4v) is 1.79. The third-order valence-corrected chi connectivity index (χ3v) is 2.72. The van der Waals surface area contributed by atoms with Crippen LogP contribution >= 0.6 is 0 Å². The summed E-state index contributed by atoms with van der Waals surface area (Å²) in [6.45, 7) is 3.73. The van der Waals surface area contributed by atoms with Crippen LogP contribution in [0.3, 0.4) is 0 Å². The molecule has 0 spiro atoms. The summed E-state index contributed by atoms with van der Waals surface area (Å²) in [4.78, 5) is 6.45. The van der Waals surface area contributed by atoms with Gasteiger partial charge >= 0.3 is 0 Å². The Labute approximate surface area is 84.0 Å². The van der Waals surface area contributed by atoms with Gasteiger partial charge in [-0.1, -0.05) is 6.07 Å². The van der Waals surface area contributed by atoms with E-state index in [9.17, 15) is 0 Å². The minimum atomic E-state index is -0.197. The van der Waals surface area contributed by atoms with Crippen LogP contribution in [0.1, 0.15) is 13.3 Å². The van der Waals surface area contributed by atoms with Gasteiger partial charge in [0.1, 0.15) is 5.82 Å². The first-order valence-corrected chi connectivity index (χ1v) is 4.81. The summed E-state index contributed by atoms with van der Waals surface area (Å²) in [6, 6.07) is 8.24. The number of nitriles is 1. The molecule has 1 aliphatic rings. The van der Waals surface area contributed by atoms with Gasteiger partial charge in [0.25, 0.3) is 0 Å². The van der Waals surface area contributed by atoms with Gasteiger partial charge in [-0.05, 0) is 25.5 Å². The average Bonchev–Trinajstić information content (AvgIpc) is 2.63. The normalized spacial score (nSPS) is 26.1. The van der Waals surface area contributed by atoms with Gasteiger partial charge in [-0.25, -0.2) is 4.98 Å². The highest BCUT2D eigenvalue weighted by Gasteiger charge is 2.34. The number of rotatable bonds is 1. The quantitative estimate of drug-likeness (QED) is 0.673. The summed E-state index contributed by atoms with van der Waals surface area (Å²) in [5, 5.41) is 8.99. The summed E-state index contributed by atoms with van der Waals surface area (Å²) in [5.41, 5.74) is -0.197. The van der Waals surface area contributed by atoms with Crippen molar-refractivity contribution < 1.29 is 0 Å². The zero-order chi connectivity index (χ0) is 10.0. The SMILES string of the molecule is CC1(C#N)CCN(c2ccccn2)C1. The first-order valence-electron chi connectivity index (χ1n) is 4.81. The van der Waals surface area contributed by atoms with Crippen LogP contribution < -0.4 is 4.90 Å². The lowest BCUT2D eigenvalue weighted by atomic mass is 9.92. The molecule has 1 saturated heterocycles. The second kappa shape index (κ2) is 3.30. The van der Waals surface area contributed by atoms with E-state index >= 15 is 0 Å². The van der Waals surface area contributed by atoms with E-state index in [-0.39, 0.29) is 5.41 Å². The van der Waals surface area contributed by atoms with Crippen molar-refractivity contribution in [3.05, 3.63) is 24.4 Å². The molecular formula is C11H13N3. The monoisotopic (exact) mass is 187 g/mol. The molecule has 1 aromatic heterocycles. The molecule has 0 radical (unpaired) electrons. The highest BCUT2D eigenvalue weighted by molar-refractivity contribution is 5.40. The predicted octanol–water partition coefficient (Wildman–Crippen LogP) is 1.82. The molecule has 1 unspecified atom stereocenters. The summed E-state index contributed by atoms with van der Waals surface area (Å²) in [7, 11) is 0. The van der Waals surface area contributed by atoms with Gasteiger partial charge in [0.15, 0.2) is 0 Å². The van der Waals surface area contributed by atoms with Crippen molar-refractivity contribution in [2.75, 3.05) is 18.0 Å². The Morgan fingerprint density at radius 1 is 1.57 bits per heavy atom. The molecule has 1 fully saturated rings. The Balaban J connectivity index is 2.15. The first kappa shape index (κ1) is 9.01. The van der Waals surface area contributed by atoms with Gasteiger partial charge < -0.3 is 4.90 Å². The van der Waals surface area contributed by atoms with E-state index in [1.165, 1.54) is 0 Å². The highest BCUT2D eigenvalue weighted by atomic mass is 15.2. The zero-order valence-corrected chi connectivity index (χ0v) is 8.27.